The fourth-order valence-corrected chi connectivity index (χ4v) is 2.38. The molecule has 0 N–H and O–H groups in total. The molecule has 0 saturated heterocycles. The second-order valence-corrected chi connectivity index (χ2v) is 6.76. The number of halogens is 3. The Morgan fingerprint density at radius 3 is 2.38 bits per heavy atom. The lowest BCUT2D eigenvalue weighted by Crippen LogP contribution is -2.27. The van der Waals surface area contributed by atoms with Crippen LogP contribution < -0.4 is 4.90 Å². The van der Waals surface area contributed by atoms with E-state index in [2.05, 4.69) is 0 Å². The Labute approximate surface area is 151 Å². The van der Waals surface area contributed by atoms with Crippen LogP contribution in [0.15, 0.2) is 48.5 Å². The number of ether oxygens (including phenoxy) is 1. The summed E-state index contributed by atoms with van der Waals surface area (Å²) in [6.07, 6.45) is -2.50. The minimum Gasteiger partial charge on any atom is -0.376 e. The number of benzene rings is 2. The van der Waals surface area contributed by atoms with Crippen LogP contribution in [0.4, 0.5) is 24.5 Å². The zero-order valence-corrected chi connectivity index (χ0v) is 15.0. The highest BCUT2D eigenvalue weighted by Crippen LogP contribution is 2.30. The molecule has 0 spiro atoms. The van der Waals surface area contributed by atoms with Gasteiger partial charge in [0.15, 0.2) is 0 Å². The number of hydrogen-bond donors (Lipinski definition) is 0. The molecular weight excluding hydrogens is 343 g/mol. The van der Waals surface area contributed by atoms with Gasteiger partial charge in [0.2, 0.25) is 12.3 Å². The molecule has 0 fully saturated rings. The summed E-state index contributed by atoms with van der Waals surface area (Å²) in [5.41, 5.74) is -0.0411. The smallest absolute Gasteiger partial charge is 0.245 e. The van der Waals surface area contributed by atoms with Crippen LogP contribution in [-0.2, 0) is 16.1 Å². The number of rotatable bonds is 7. The van der Waals surface area contributed by atoms with Crippen molar-refractivity contribution in [3.8, 4) is 0 Å². The zero-order valence-electron chi connectivity index (χ0n) is 15.0. The molecule has 140 valence electrons. The van der Waals surface area contributed by atoms with Gasteiger partial charge >= 0.3 is 0 Å². The molecule has 0 radical (unpaired) electrons. The van der Waals surface area contributed by atoms with Gasteiger partial charge in [-0.05, 0) is 29.8 Å². The van der Waals surface area contributed by atoms with Gasteiger partial charge < -0.3 is 4.74 Å². The molecule has 2 rings (SSSR count). The number of carbonyl (C=O) groups is 1. The van der Waals surface area contributed by atoms with Crippen molar-refractivity contribution < 1.29 is 22.7 Å². The molecule has 0 saturated carbocycles. The molecule has 1 amide bonds. The first-order valence-corrected chi connectivity index (χ1v) is 8.22. The van der Waals surface area contributed by atoms with Gasteiger partial charge in [-0.15, -0.1) is 0 Å². The number of hydrogen-bond acceptors (Lipinski definition) is 2. The van der Waals surface area contributed by atoms with E-state index in [9.17, 15) is 18.0 Å². The lowest BCUT2D eigenvalue weighted by Gasteiger charge is -2.24. The standard InChI is InChI=1S/C20H22F3NO2/c1-14(25)24(16-7-5-4-6-8-16)18-11-15(9-10-17(18)21)12-26-13-20(2,3)19(22)23/h4-11,19H,12-13H2,1-3H3. The second kappa shape index (κ2) is 8.36. The van der Waals surface area contributed by atoms with Gasteiger partial charge in [-0.3, -0.25) is 9.69 Å². The molecule has 0 atom stereocenters. The highest BCUT2D eigenvalue weighted by molar-refractivity contribution is 5.99. The second-order valence-electron chi connectivity index (χ2n) is 6.76. The molecule has 26 heavy (non-hydrogen) atoms. The number of para-hydroxylation sites is 1. The number of alkyl halides is 2. The van der Waals surface area contributed by atoms with Gasteiger partial charge in [-0.2, -0.15) is 0 Å². The molecule has 2 aromatic carbocycles. The molecule has 2 aromatic rings. The SMILES string of the molecule is CC(=O)N(c1ccccc1)c1cc(COCC(C)(C)C(F)F)ccc1F. The summed E-state index contributed by atoms with van der Waals surface area (Å²) in [4.78, 5) is 13.3. The van der Waals surface area contributed by atoms with E-state index in [4.69, 9.17) is 4.74 Å². The molecule has 6 heteroatoms. The summed E-state index contributed by atoms with van der Waals surface area (Å²) in [7, 11) is 0. The first kappa shape index (κ1) is 20.0. The predicted molar refractivity (Wildman–Crippen MR) is 95.1 cm³/mol. The highest BCUT2D eigenvalue weighted by atomic mass is 19.3. The van der Waals surface area contributed by atoms with Crippen molar-refractivity contribution in [3.63, 3.8) is 0 Å². The third-order valence-corrected chi connectivity index (χ3v) is 3.91. The Morgan fingerprint density at radius 2 is 1.81 bits per heavy atom. The largest absolute Gasteiger partial charge is 0.376 e. The molecular formula is C20H22F3NO2. The van der Waals surface area contributed by atoms with Crippen molar-refractivity contribution in [2.45, 2.75) is 33.8 Å². The van der Waals surface area contributed by atoms with E-state index >= 15 is 0 Å². The summed E-state index contributed by atoms with van der Waals surface area (Å²) >= 11 is 0. The van der Waals surface area contributed by atoms with Crippen molar-refractivity contribution in [3.05, 3.63) is 59.9 Å². The Kier molecular flexibility index (Phi) is 6.42. The normalized spacial score (nSPS) is 11.7. The van der Waals surface area contributed by atoms with Crippen LogP contribution in [0.1, 0.15) is 26.3 Å². The van der Waals surface area contributed by atoms with E-state index in [0.717, 1.165) is 0 Å². The van der Waals surface area contributed by atoms with Gasteiger partial charge in [-0.25, -0.2) is 13.2 Å². The topological polar surface area (TPSA) is 29.5 Å². The maximum Gasteiger partial charge on any atom is 0.245 e. The van der Waals surface area contributed by atoms with E-state index in [-0.39, 0.29) is 24.8 Å². The van der Waals surface area contributed by atoms with Gasteiger partial charge in [0.05, 0.1) is 18.9 Å². The third kappa shape index (κ3) is 4.85. The molecule has 3 nitrogen and oxygen atoms in total. The Balaban J connectivity index is 2.22. The maximum atomic E-state index is 14.3. The van der Waals surface area contributed by atoms with Crippen molar-refractivity contribution in [1.29, 1.82) is 0 Å². The van der Waals surface area contributed by atoms with Crippen LogP contribution in [-0.4, -0.2) is 18.9 Å². The number of nitrogens with zero attached hydrogens (tertiary/aromatic N) is 1. The molecule has 0 aliphatic heterocycles. The zero-order chi connectivity index (χ0) is 19.3. The number of amides is 1. The Bertz CT molecular complexity index is 748. The molecule has 0 aliphatic carbocycles. The van der Waals surface area contributed by atoms with Gasteiger partial charge in [0, 0.05) is 18.0 Å². The van der Waals surface area contributed by atoms with Crippen molar-refractivity contribution in [2.24, 2.45) is 5.41 Å². The molecule has 0 unspecified atom stereocenters. The predicted octanol–water partition coefficient (Wildman–Crippen LogP) is 5.32. The summed E-state index contributed by atoms with van der Waals surface area (Å²) in [6.45, 7) is 4.10. The summed E-state index contributed by atoms with van der Waals surface area (Å²) < 4.78 is 45.5. The van der Waals surface area contributed by atoms with Crippen molar-refractivity contribution in [2.75, 3.05) is 11.5 Å². The summed E-state index contributed by atoms with van der Waals surface area (Å²) in [6, 6.07) is 13.0. The fraction of sp³-hybridized carbons (Fsp3) is 0.350. The average Bonchev–Trinajstić information content (AvgIpc) is 2.58. The molecule has 0 bridgehead atoms. The Hall–Kier alpha value is -2.34. The van der Waals surface area contributed by atoms with Gasteiger partial charge in [0.25, 0.3) is 0 Å². The van der Waals surface area contributed by atoms with Gasteiger partial charge in [-0.1, -0.05) is 38.1 Å². The van der Waals surface area contributed by atoms with Crippen LogP contribution in [0.5, 0.6) is 0 Å². The first-order chi connectivity index (χ1) is 12.2. The fourth-order valence-electron chi connectivity index (χ4n) is 2.38. The minimum absolute atomic E-state index is 0.0456. The van der Waals surface area contributed by atoms with Gasteiger partial charge in [0.1, 0.15) is 5.82 Å². The van der Waals surface area contributed by atoms with Crippen LogP contribution in [0.3, 0.4) is 0 Å². The monoisotopic (exact) mass is 365 g/mol. The van der Waals surface area contributed by atoms with E-state index < -0.39 is 17.7 Å². The van der Waals surface area contributed by atoms with E-state index in [1.54, 1.807) is 30.3 Å². The van der Waals surface area contributed by atoms with Crippen LogP contribution in [0.25, 0.3) is 0 Å². The Morgan fingerprint density at radius 1 is 1.15 bits per heavy atom. The third-order valence-electron chi connectivity index (χ3n) is 3.91. The van der Waals surface area contributed by atoms with Crippen LogP contribution in [0.2, 0.25) is 0 Å². The lowest BCUT2D eigenvalue weighted by molar-refractivity contribution is -0.115. The highest BCUT2D eigenvalue weighted by Gasteiger charge is 2.29. The summed E-state index contributed by atoms with van der Waals surface area (Å²) in [5.74, 6) is -0.896. The lowest BCUT2D eigenvalue weighted by atomic mass is 9.96. The maximum absolute atomic E-state index is 14.3. The molecule has 0 aliphatic rings. The minimum atomic E-state index is -2.50. The average molecular weight is 365 g/mol. The van der Waals surface area contributed by atoms with E-state index in [0.29, 0.717) is 11.3 Å². The number of carbonyl (C=O) groups excluding carboxylic acids is 1. The molecule has 0 aromatic heterocycles. The number of anilines is 2. The first-order valence-electron chi connectivity index (χ1n) is 8.22. The summed E-state index contributed by atoms with van der Waals surface area (Å²) in [5, 5.41) is 0. The van der Waals surface area contributed by atoms with Crippen LogP contribution >= 0.6 is 0 Å². The van der Waals surface area contributed by atoms with E-state index in [1.165, 1.54) is 43.9 Å². The van der Waals surface area contributed by atoms with Crippen LogP contribution in [0, 0.1) is 11.2 Å². The molecule has 0 heterocycles. The van der Waals surface area contributed by atoms with Crippen molar-refractivity contribution in [1.82, 2.24) is 0 Å². The van der Waals surface area contributed by atoms with Crippen molar-refractivity contribution >= 4 is 17.3 Å². The quantitative estimate of drug-likeness (QED) is 0.665. The van der Waals surface area contributed by atoms with E-state index in [1.807, 2.05) is 0 Å².